The molecule has 110 valence electrons. The van der Waals surface area contributed by atoms with Gasteiger partial charge in [-0.1, -0.05) is 31.5 Å². The average Bonchev–Trinajstić information content (AvgIpc) is 2.35. The van der Waals surface area contributed by atoms with Gasteiger partial charge in [-0.3, -0.25) is 0 Å². The maximum atomic E-state index is 10.5. The van der Waals surface area contributed by atoms with Crippen molar-refractivity contribution in [3.8, 4) is 0 Å². The van der Waals surface area contributed by atoms with Gasteiger partial charge in [-0.15, -0.1) is 0 Å². The highest BCUT2D eigenvalue weighted by atomic mass is 35.5. The van der Waals surface area contributed by atoms with Crippen molar-refractivity contribution in [3.63, 3.8) is 0 Å². The molecule has 1 aromatic carbocycles. The predicted octanol–water partition coefficient (Wildman–Crippen LogP) is 4.31. The zero-order valence-corrected chi connectivity index (χ0v) is 13.2. The summed E-state index contributed by atoms with van der Waals surface area (Å²) in [5, 5.41) is 9.19. The summed E-state index contributed by atoms with van der Waals surface area (Å²) in [5.41, 5.74) is 1.75. The van der Waals surface area contributed by atoms with E-state index in [1.54, 1.807) is 0 Å². The van der Waals surface area contributed by atoms with Crippen molar-refractivity contribution in [2.24, 2.45) is 5.92 Å². The number of carboxylic acids is 1. The Morgan fingerprint density at radius 2 is 2.05 bits per heavy atom. The molecule has 1 unspecified atom stereocenters. The Morgan fingerprint density at radius 1 is 1.40 bits per heavy atom. The van der Waals surface area contributed by atoms with Gasteiger partial charge in [-0.25, -0.2) is 4.79 Å². The Morgan fingerprint density at radius 3 is 2.55 bits per heavy atom. The van der Waals surface area contributed by atoms with Crippen molar-refractivity contribution >= 4 is 29.3 Å². The molecule has 0 bridgehead atoms. The molecule has 1 N–H and O–H groups in total. The summed E-state index contributed by atoms with van der Waals surface area (Å²) < 4.78 is 0. The van der Waals surface area contributed by atoms with Crippen molar-refractivity contribution in [2.45, 2.75) is 33.2 Å². The zero-order valence-electron chi connectivity index (χ0n) is 12.4. The summed E-state index contributed by atoms with van der Waals surface area (Å²) in [6.45, 7) is 6.60. The number of carbonyl (C=O) groups is 1. The van der Waals surface area contributed by atoms with E-state index in [0.29, 0.717) is 22.5 Å². The van der Waals surface area contributed by atoms with E-state index < -0.39 is 5.97 Å². The zero-order chi connectivity index (χ0) is 15.3. The van der Waals surface area contributed by atoms with Gasteiger partial charge in [0.25, 0.3) is 0 Å². The van der Waals surface area contributed by atoms with Gasteiger partial charge in [-0.05, 0) is 43.0 Å². The number of hydrogen-bond acceptors (Lipinski definition) is 2. The summed E-state index contributed by atoms with van der Waals surface area (Å²) in [7, 11) is 2.05. The summed E-state index contributed by atoms with van der Waals surface area (Å²) in [6.07, 6.45) is 3.70. The molecule has 1 rings (SSSR count). The lowest BCUT2D eigenvalue weighted by Gasteiger charge is -2.28. The molecule has 0 spiro atoms. The standard InChI is InChI=1S/C16H22ClNO2/c1-11(2)9-12(3)18(4)14-7-5-13(15(17)10-14)6-8-16(19)20/h5-8,10-12H,9H2,1-4H3,(H,19,20)/b8-6+. The van der Waals surface area contributed by atoms with Gasteiger partial charge in [0.05, 0.1) is 0 Å². The fourth-order valence-electron chi connectivity index (χ4n) is 2.13. The van der Waals surface area contributed by atoms with E-state index in [1.807, 2.05) is 25.2 Å². The minimum atomic E-state index is -0.979. The highest BCUT2D eigenvalue weighted by Gasteiger charge is 2.12. The highest BCUT2D eigenvalue weighted by molar-refractivity contribution is 6.32. The molecule has 3 nitrogen and oxygen atoms in total. The highest BCUT2D eigenvalue weighted by Crippen LogP contribution is 2.26. The number of nitrogens with zero attached hydrogens (tertiary/aromatic N) is 1. The SMILES string of the molecule is CC(C)CC(C)N(C)c1ccc(/C=C/C(=O)O)c(Cl)c1. The monoisotopic (exact) mass is 295 g/mol. The summed E-state index contributed by atoms with van der Waals surface area (Å²) >= 11 is 6.20. The lowest BCUT2D eigenvalue weighted by atomic mass is 10.0. The number of benzene rings is 1. The Balaban J connectivity index is 2.88. The first-order valence-electron chi connectivity index (χ1n) is 6.74. The first-order chi connectivity index (χ1) is 9.31. The van der Waals surface area contributed by atoms with Gasteiger partial charge in [0.2, 0.25) is 0 Å². The first-order valence-corrected chi connectivity index (χ1v) is 7.12. The molecule has 0 aliphatic carbocycles. The van der Waals surface area contributed by atoms with Crippen molar-refractivity contribution in [3.05, 3.63) is 34.9 Å². The molecule has 0 fully saturated rings. The van der Waals surface area contributed by atoms with Gasteiger partial charge in [0.15, 0.2) is 0 Å². The second-order valence-electron chi connectivity index (χ2n) is 5.47. The van der Waals surface area contributed by atoms with E-state index in [0.717, 1.165) is 18.2 Å². The van der Waals surface area contributed by atoms with Crippen LogP contribution in [0.15, 0.2) is 24.3 Å². The molecule has 0 saturated heterocycles. The fourth-order valence-corrected chi connectivity index (χ4v) is 2.36. The van der Waals surface area contributed by atoms with Crippen molar-refractivity contribution in [1.82, 2.24) is 0 Å². The number of rotatable bonds is 6. The summed E-state index contributed by atoms with van der Waals surface area (Å²) in [5.74, 6) is -0.339. The van der Waals surface area contributed by atoms with Gasteiger partial charge >= 0.3 is 5.97 Å². The lowest BCUT2D eigenvalue weighted by Crippen LogP contribution is -2.29. The second-order valence-corrected chi connectivity index (χ2v) is 5.87. The molecule has 4 heteroatoms. The van der Waals surface area contributed by atoms with Crippen molar-refractivity contribution in [1.29, 1.82) is 0 Å². The van der Waals surface area contributed by atoms with Crippen LogP contribution < -0.4 is 4.90 Å². The van der Waals surface area contributed by atoms with Crippen LogP contribution in [0.2, 0.25) is 5.02 Å². The van der Waals surface area contributed by atoms with Crippen LogP contribution in [0.25, 0.3) is 6.08 Å². The quantitative estimate of drug-likeness (QED) is 0.795. The van der Waals surface area contributed by atoms with Crippen LogP contribution in [0, 0.1) is 5.92 Å². The molecule has 0 radical (unpaired) electrons. The molecule has 1 aromatic rings. The van der Waals surface area contributed by atoms with Gasteiger partial charge in [-0.2, -0.15) is 0 Å². The number of hydrogen-bond donors (Lipinski definition) is 1. The first kappa shape index (κ1) is 16.6. The minimum absolute atomic E-state index is 0.423. The third-order valence-electron chi connectivity index (χ3n) is 3.27. The molecule has 0 amide bonds. The molecular formula is C16H22ClNO2. The average molecular weight is 296 g/mol. The van der Waals surface area contributed by atoms with Crippen LogP contribution in [-0.4, -0.2) is 24.2 Å². The van der Waals surface area contributed by atoms with Gasteiger partial charge < -0.3 is 10.0 Å². The largest absolute Gasteiger partial charge is 0.478 e. The maximum Gasteiger partial charge on any atom is 0.328 e. The molecule has 0 aliphatic heterocycles. The van der Waals surface area contributed by atoms with E-state index in [9.17, 15) is 4.79 Å². The van der Waals surface area contributed by atoms with Crippen LogP contribution in [0.1, 0.15) is 32.8 Å². The van der Waals surface area contributed by atoms with Crippen molar-refractivity contribution in [2.75, 3.05) is 11.9 Å². The van der Waals surface area contributed by atoms with Crippen LogP contribution in [-0.2, 0) is 4.79 Å². The number of carboxylic acid groups (broad SMARTS) is 1. The molecular weight excluding hydrogens is 274 g/mol. The van der Waals surface area contributed by atoms with Crippen LogP contribution in [0.3, 0.4) is 0 Å². The molecule has 0 heterocycles. The normalized spacial score (nSPS) is 12.9. The predicted molar refractivity (Wildman–Crippen MR) is 85.4 cm³/mol. The molecule has 1 atom stereocenters. The van der Waals surface area contributed by atoms with E-state index >= 15 is 0 Å². The summed E-state index contributed by atoms with van der Waals surface area (Å²) in [4.78, 5) is 12.7. The number of anilines is 1. The van der Waals surface area contributed by atoms with E-state index in [1.165, 1.54) is 6.08 Å². The Kier molecular flexibility index (Phi) is 6.08. The third-order valence-corrected chi connectivity index (χ3v) is 3.60. The Labute approximate surface area is 125 Å². The number of halogens is 1. The Bertz CT molecular complexity index is 497. The van der Waals surface area contributed by atoms with Gasteiger partial charge in [0.1, 0.15) is 0 Å². The fraction of sp³-hybridized carbons (Fsp3) is 0.438. The van der Waals surface area contributed by atoms with Crippen LogP contribution >= 0.6 is 11.6 Å². The topological polar surface area (TPSA) is 40.5 Å². The third kappa shape index (κ3) is 4.89. The molecule has 0 aliphatic rings. The number of aliphatic carboxylic acids is 1. The van der Waals surface area contributed by atoms with Crippen molar-refractivity contribution < 1.29 is 9.90 Å². The Hall–Kier alpha value is -1.48. The lowest BCUT2D eigenvalue weighted by molar-refractivity contribution is -0.131. The van der Waals surface area contributed by atoms with E-state index in [4.69, 9.17) is 16.7 Å². The van der Waals surface area contributed by atoms with Gasteiger partial charge in [0, 0.05) is 29.9 Å². The maximum absolute atomic E-state index is 10.5. The summed E-state index contributed by atoms with van der Waals surface area (Å²) in [6, 6.07) is 6.10. The van der Waals surface area contributed by atoms with Crippen LogP contribution in [0.5, 0.6) is 0 Å². The molecule has 0 saturated carbocycles. The molecule has 20 heavy (non-hydrogen) atoms. The van der Waals surface area contributed by atoms with E-state index in [2.05, 4.69) is 25.7 Å². The minimum Gasteiger partial charge on any atom is -0.478 e. The van der Waals surface area contributed by atoms with Crippen LogP contribution in [0.4, 0.5) is 5.69 Å². The van der Waals surface area contributed by atoms with E-state index in [-0.39, 0.29) is 0 Å². The second kappa shape index (κ2) is 7.34. The smallest absolute Gasteiger partial charge is 0.328 e. The molecule has 0 aromatic heterocycles.